The van der Waals surface area contributed by atoms with E-state index in [0.29, 0.717) is 0 Å². The van der Waals surface area contributed by atoms with Crippen molar-refractivity contribution in [1.29, 1.82) is 0 Å². The molecule has 0 bridgehead atoms. The molecule has 0 aliphatic heterocycles. The second-order valence-electron chi connectivity index (χ2n) is 5.38. The Bertz CT molecular complexity index is 424. The van der Waals surface area contributed by atoms with Gasteiger partial charge in [-0.25, -0.2) is 0 Å². The van der Waals surface area contributed by atoms with E-state index in [1.807, 2.05) is 0 Å². The molecule has 0 aromatic heterocycles. The number of ether oxygens (including phenoxy) is 1. The third kappa shape index (κ3) is 2.36. The fourth-order valence-electron chi connectivity index (χ4n) is 2.27. The van der Waals surface area contributed by atoms with Gasteiger partial charge in [0, 0.05) is 22.0 Å². The summed E-state index contributed by atoms with van der Waals surface area (Å²) in [5.41, 5.74) is 7.42. The molecular weight excluding hydrogens is 278 g/mol. The van der Waals surface area contributed by atoms with Crippen molar-refractivity contribution in [3.8, 4) is 5.75 Å². The van der Waals surface area contributed by atoms with Gasteiger partial charge >= 0.3 is 0 Å². The average Bonchev–Trinajstić information content (AvgIpc) is 3.22. The molecule has 3 rings (SSSR count). The lowest BCUT2D eigenvalue weighted by Crippen LogP contribution is -2.21. The Hall–Kier alpha value is -0.540. The van der Waals surface area contributed by atoms with Crippen LogP contribution in [0.15, 0.2) is 22.7 Å². The van der Waals surface area contributed by atoms with Crippen molar-refractivity contribution >= 4 is 15.9 Å². The Labute approximate surface area is 111 Å². The smallest absolute Gasteiger partial charge is 0.123 e. The molecule has 0 saturated heterocycles. The number of hydrogen-bond acceptors (Lipinski definition) is 2. The van der Waals surface area contributed by atoms with E-state index in [9.17, 15) is 0 Å². The van der Waals surface area contributed by atoms with Crippen LogP contribution in [0.3, 0.4) is 0 Å². The summed E-state index contributed by atoms with van der Waals surface area (Å²) in [6.07, 6.45) is 5.04. The summed E-state index contributed by atoms with van der Waals surface area (Å²) >= 11 is 3.54. The van der Waals surface area contributed by atoms with E-state index >= 15 is 0 Å². The van der Waals surface area contributed by atoms with E-state index in [2.05, 4.69) is 34.1 Å². The molecule has 0 radical (unpaired) electrons. The summed E-state index contributed by atoms with van der Waals surface area (Å²) in [4.78, 5) is 0. The molecule has 2 aliphatic rings. The van der Waals surface area contributed by atoms with Crippen LogP contribution in [0.5, 0.6) is 5.75 Å². The Balaban J connectivity index is 1.84. The van der Waals surface area contributed by atoms with Crippen LogP contribution in [0, 0.1) is 5.92 Å². The lowest BCUT2D eigenvalue weighted by molar-refractivity contribution is 0.294. The molecule has 0 amide bonds. The van der Waals surface area contributed by atoms with Gasteiger partial charge in [-0.05, 0) is 49.8 Å². The number of nitrogens with two attached hydrogens (primary N) is 1. The molecule has 0 atom stereocenters. The van der Waals surface area contributed by atoms with Crippen molar-refractivity contribution in [2.45, 2.75) is 31.1 Å². The summed E-state index contributed by atoms with van der Waals surface area (Å²) in [5.74, 6) is 1.84. The largest absolute Gasteiger partial charge is 0.493 e. The number of halogens is 1. The predicted octanol–water partition coefficient (Wildman–Crippen LogP) is 3.23. The van der Waals surface area contributed by atoms with Crippen LogP contribution in [0.1, 0.15) is 31.2 Å². The van der Waals surface area contributed by atoms with Crippen LogP contribution < -0.4 is 10.5 Å². The molecule has 1 aromatic rings. The zero-order chi connectivity index (χ0) is 11.9. The first kappa shape index (κ1) is 11.5. The molecular formula is C14H18BrNO. The molecule has 17 heavy (non-hydrogen) atoms. The molecule has 1 aromatic carbocycles. The Morgan fingerprint density at radius 3 is 2.71 bits per heavy atom. The summed E-state index contributed by atoms with van der Waals surface area (Å²) in [7, 11) is 0. The lowest BCUT2D eigenvalue weighted by Gasteiger charge is -2.18. The van der Waals surface area contributed by atoms with Crippen molar-refractivity contribution < 1.29 is 4.74 Å². The minimum atomic E-state index is 0.197. The monoisotopic (exact) mass is 295 g/mol. The van der Waals surface area contributed by atoms with Crippen LogP contribution in [-0.2, 0) is 5.41 Å². The van der Waals surface area contributed by atoms with Gasteiger partial charge in [0.15, 0.2) is 0 Å². The highest BCUT2D eigenvalue weighted by atomic mass is 79.9. The molecule has 2 nitrogen and oxygen atoms in total. The van der Waals surface area contributed by atoms with Gasteiger partial charge in [0.2, 0.25) is 0 Å². The molecule has 0 unspecified atom stereocenters. The van der Waals surface area contributed by atoms with Gasteiger partial charge in [-0.2, -0.15) is 0 Å². The quantitative estimate of drug-likeness (QED) is 0.905. The van der Waals surface area contributed by atoms with Crippen LogP contribution >= 0.6 is 15.9 Å². The summed E-state index contributed by atoms with van der Waals surface area (Å²) in [5, 5.41) is 0. The topological polar surface area (TPSA) is 35.2 Å². The van der Waals surface area contributed by atoms with Gasteiger partial charge in [0.1, 0.15) is 5.75 Å². The minimum Gasteiger partial charge on any atom is -0.493 e. The predicted molar refractivity (Wildman–Crippen MR) is 72.3 cm³/mol. The van der Waals surface area contributed by atoms with E-state index in [1.165, 1.54) is 31.2 Å². The maximum atomic E-state index is 5.97. The van der Waals surface area contributed by atoms with E-state index in [4.69, 9.17) is 10.5 Å². The number of benzene rings is 1. The van der Waals surface area contributed by atoms with Crippen LogP contribution in [0.2, 0.25) is 0 Å². The summed E-state index contributed by atoms with van der Waals surface area (Å²) in [6, 6.07) is 6.32. The minimum absolute atomic E-state index is 0.197. The SMILES string of the molecule is NCC1(c2cc(Br)ccc2OCC2CC2)CC1. The number of rotatable bonds is 5. The van der Waals surface area contributed by atoms with Crippen molar-refractivity contribution in [3.05, 3.63) is 28.2 Å². The zero-order valence-corrected chi connectivity index (χ0v) is 11.5. The first-order chi connectivity index (χ1) is 8.23. The highest BCUT2D eigenvalue weighted by Crippen LogP contribution is 2.51. The zero-order valence-electron chi connectivity index (χ0n) is 9.92. The standard InChI is InChI=1S/C14H18BrNO/c15-11-3-4-13(17-8-10-1-2-10)12(7-11)14(9-16)5-6-14/h3-4,7,10H,1-2,5-6,8-9,16H2. The first-order valence-corrected chi connectivity index (χ1v) is 7.16. The fourth-order valence-corrected chi connectivity index (χ4v) is 2.63. The molecule has 0 heterocycles. The lowest BCUT2D eigenvalue weighted by atomic mass is 9.95. The van der Waals surface area contributed by atoms with Crippen LogP contribution in [0.4, 0.5) is 0 Å². The van der Waals surface area contributed by atoms with Gasteiger partial charge < -0.3 is 10.5 Å². The molecule has 2 fully saturated rings. The van der Waals surface area contributed by atoms with Crippen molar-refractivity contribution in [3.63, 3.8) is 0 Å². The second-order valence-corrected chi connectivity index (χ2v) is 6.29. The fraction of sp³-hybridized carbons (Fsp3) is 0.571. The Morgan fingerprint density at radius 2 is 2.12 bits per heavy atom. The normalized spacial score (nSPS) is 21.3. The molecule has 2 N–H and O–H groups in total. The Kier molecular flexibility index (Phi) is 2.91. The van der Waals surface area contributed by atoms with E-state index in [-0.39, 0.29) is 5.41 Å². The van der Waals surface area contributed by atoms with E-state index in [1.54, 1.807) is 0 Å². The van der Waals surface area contributed by atoms with Gasteiger partial charge in [-0.1, -0.05) is 15.9 Å². The van der Waals surface area contributed by atoms with E-state index < -0.39 is 0 Å². The highest BCUT2D eigenvalue weighted by molar-refractivity contribution is 9.10. The van der Waals surface area contributed by atoms with Gasteiger partial charge in [-0.15, -0.1) is 0 Å². The van der Waals surface area contributed by atoms with Crippen LogP contribution in [0.25, 0.3) is 0 Å². The summed E-state index contributed by atoms with van der Waals surface area (Å²) < 4.78 is 7.08. The van der Waals surface area contributed by atoms with Gasteiger partial charge in [0.25, 0.3) is 0 Å². The van der Waals surface area contributed by atoms with Crippen molar-refractivity contribution in [1.82, 2.24) is 0 Å². The molecule has 2 saturated carbocycles. The van der Waals surface area contributed by atoms with Crippen molar-refractivity contribution in [2.75, 3.05) is 13.2 Å². The molecule has 92 valence electrons. The third-order valence-corrected chi connectivity index (χ3v) is 4.42. The third-order valence-electron chi connectivity index (χ3n) is 3.93. The molecule has 3 heteroatoms. The average molecular weight is 296 g/mol. The Morgan fingerprint density at radius 1 is 1.35 bits per heavy atom. The van der Waals surface area contributed by atoms with Crippen molar-refractivity contribution in [2.24, 2.45) is 11.7 Å². The van der Waals surface area contributed by atoms with Gasteiger partial charge in [0.05, 0.1) is 6.61 Å². The van der Waals surface area contributed by atoms with Gasteiger partial charge in [-0.3, -0.25) is 0 Å². The highest BCUT2D eigenvalue weighted by Gasteiger charge is 2.45. The molecule has 0 spiro atoms. The summed E-state index contributed by atoms with van der Waals surface area (Å²) in [6.45, 7) is 1.60. The second kappa shape index (κ2) is 4.29. The maximum Gasteiger partial charge on any atom is 0.123 e. The van der Waals surface area contributed by atoms with Crippen LogP contribution in [-0.4, -0.2) is 13.2 Å². The first-order valence-electron chi connectivity index (χ1n) is 6.36. The number of hydrogen-bond donors (Lipinski definition) is 1. The molecule has 2 aliphatic carbocycles. The van der Waals surface area contributed by atoms with E-state index in [0.717, 1.165) is 29.3 Å². The maximum absolute atomic E-state index is 5.97.